The number of halogens is 2. The molecule has 2 aromatic rings. The zero-order valence-corrected chi connectivity index (χ0v) is 13.1. The second-order valence-electron chi connectivity index (χ2n) is 4.86. The third-order valence-electron chi connectivity index (χ3n) is 3.08. The first-order valence-corrected chi connectivity index (χ1v) is 7.68. The summed E-state index contributed by atoms with van der Waals surface area (Å²) >= 11 is 9.63. The van der Waals surface area contributed by atoms with Crippen LogP contribution in [0.15, 0.2) is 41.1 Å². The first kappa shape index (κ1) is 13.9. The summed E-state index contributed by atoms with van der Waals surface area (Å²) in [6.45, 7) is 0.850. The molecule has 0 aliphatic heterocycles. The highest BCUT2D eigenvalue weighted by atomic mass is 79.9. The molecule has 0 spiro atoms. The average Bonchev–Trinajstić information content (AvgIpc) is 3.23. The van der Waals surface area contributed by atoms with Crippen LogP contribution in [-0.2, 0) is 6.54 Å². The molecule has 0 amide bonds. The SMILES string of the molecule is Clc1cc(CNC2CC2)ccc1Oc1cncc(Br)c1. The van der Waals surface area contributed by atoms with Gasteiger partial charge in [0, 0.05) is 23.3 Å². The lowest BCUT2D eigenvalue weighted by molar-refractivity contribution is 0.480. The van der Waals surface area contributed by atoms with Gasteiger partial charge >= 0.3 is 0 Å². The van der Waals surface area contributed by atoms with Crippen LogP contribution in [-0.4, -0.2) is 11.0 Å². The van der Waals surface area contributed by atoms with Gasteiger partial charge < -0.3 is 10.1 Å². The van der Waals surface area contributed by atoms with Gasteiger partial charge in [-0.3, -0.25) is 4.98 Å². The second-order valence-corrected chi connectivity index (χ2v) is 6.18. The summed E-state index contributed by atoms with van der Waals surface area (Å²) in [4.78, 5) is 4.06. The highest BCUT2D eigenvalue weighted by Crippen LogP contribution is 2.31. The van der Waals surface area contributed by atoms with E-state index in [9.17, 15) is 0 Å². The van der Waals surface area contributed by atoms with Crippen LogP contribution in [0.5, 0.6) is 11.5 Å². The molecule has 20 heavy (non-hydrogen) atoms. The van der Waals surface area contributed by atoms with Gasteiger partial charge in [0.25, 0.3) is 0 Å². The maximum absolute atomic E-state index is 6.27. The zero-order chi connectivity index (χ0) is 13.9. The van der Waals surface area contributed by atoms with Gasteiger partial charge in [-0.1, -0.05) is 17.7 Å². The maximum Gasteiger partial charge on any atom is 0.146 e. The molecule has 0 saturated heterocycles. The topological polar surface area (TPSA) is 34.1 Å². The van der Waals surface area contributed by atoms with E-state index in [0.29, 0.717) is 22.6 Å². The Morgan fingerprint density at radius 1 is 1.30 bits per heavy atom. The molecular formula is C15H14BrClN2O. The van der Waals surface area contributed by atoms with Crippen molar-refractivity contribution in [2.24, 2.45) is 0 Å². The second kappa shape index (κ2) is 6.12. The number of hydrogen-bond donors (Lipinski definition) is 1. The number of hydrogen-bond acceptors (Lipinski definition) is 3. The Labute approximate surface area is 131 Å². The Morgan fingerprint density at radius 3 is 2.85 bits per heavy atom. The highest BCUT2D eigenvalue weighted by Gasteiger charge is 2.20. The molecule has 3 rings (SSSR count). The van der Waals surface area contributed by atoms with E-state index in [1.54, 1.807) is 12.4 Å². The van der Waals surface area contributed by atoms with E-state index in [2.05, 4.69) is 26.2 Å². The van der Waals surface area contributed by atoms with Crippen molar-refractivity contribution in [2.45, 2.75) is 25.4 Å². The van der Waals surface area contributed by atoms with E-state index in [4.69, 9.17) is 16.3 Å². The fourth-order valence-electron chi connectivity index (χ4n) is 1.86. The van der Waals surface area contributed by atoms with Crippen molar-refractivity contribution in [3.8, 4) is 11.5 Å². The molecule has 1 fully saturated rings. The number of aromatic nitrogens is 1. The summed E-state index contributed by atoms with van der Waals surface area (Å²) in [7, 11) is 0. The molecule has 0 unspecified atom stereocenters. The van der Waals surface area contributed by atoms with Gasteiger partial charge in [-0.2, -0.15) is 0 Å². The predicted molar refractivity (Wildman–Crippen MR) is 83.3 cm³/mol. The molecule has 1 N–H and O–H groups in total. The standard InChI is InChI=1S/C15H14BrClN2O/c16-11-6-13(9-18-8-11)20-15-4-1-10(5-14(15)17)7-19-12-2-3-12/h1,4-6,8-9,12,19H,2-3,7H2. The van der Waals surface area contributed by atoms with Crippen molar-refractivity contribution in [3.05, 3.63) is 51.7 Å². The smallest absolute Gasteiger partial charge is 0.146 e. The summed E-state index contributed by atoms with van der Waals surface area (Å²) in [5.74, 6) is 1.30. The number of ether oxygens (including phenoxy) is 1. The summed E-state index contributed by atoms with van der Waals surface area (Å²) in [5.41, 5.74) is 1.17. The number of pyridine rings is 1. The molecule has 1 aromatic heterocycles. The van der Waals surface area contributed by atoms with E-state index in [0.717, 1.165) is 11.0 Å². The van der Waals surface area contributed by atoms with E-state index < -0.39 is 0 Å². The Hall–Kier alpha value is -1.10. The quantitative estimate of drug-likeness (QED) is 0.857. The Kier molecular flexibility index (Phi) is 4.24. The largest absolute Gasteiger partial charge is 0.454 e. The minimum absolute atomic E-state index is 0.611. The van der Waals surface area contributed by atoms with Crippen LogP contribution in [0, 0.1) is 0 Å². The van der Waals surface area contributed by atoms with Crippen LogP contribution in [0.25, 0.3) is 0 Å². The van der Waals surface area contributed by atoms with Crippen molar-refractivity contribution in [1.82, 2.24) is 10.3 Å². The lowest BCUT2D eigenvalue weighted by atomic mass is 10.2. The average molecular weight is 354 g/mol. The molecule has 3 nitrogen and oxygen atoms in total. The Balaban J connectivity index is 1.69. The molecule has 0 bridgehead atoms. The maximum atomic E-state index is 6.27. The van der Waals surface area contributed by atoms with E-state index in [-0.39, 0.29) is 0 Å². The number of nitrogens with one attached hydrogen (secondary N) is 1. The summed E-state index contributed by atoms with van der Waals surface area (Å²) in [5, 5.41) is 4.07. The number of benzene rings is 1. The van der Waals surface area contributed by atoms with Crippen LogP contribution >= 0.6 is 27.5 Å². The molecule has 1 aromatic carbocycles. The van der Waals surface area contributed by atoms with Gasteiger partial charge in [0.15, 0.2) is 0 Å². The third kappa shape index (κ3) is 3.72. The normalized spacial score (nSPS) is 14.3. The van der Waals surface area contributed by atoms with Gasteiger partial charge in [0.1, 0.15) is 11.5 Å². The van der Waals surface area contributed by atoms with Crippen molar-refractivity contribution in [2.75, 3.05) is 0 Å². The molecule has 1 saturated carbocycles. The molecule has 5 heteroatoms. The molecule has 0 radical (unpaired) electrons. The van der Waals surface area contributed by atoms with Crippen molar-refractivity contribution in [3.63, 3.8) is 0 Å². The van der Waals surface area contributed by atoms with Crippen LogP contribution in [0.2, 0.25) is 5.02 Å². The monoisotopic (exact) mass is 352 g/mol. The predicted octanol–water partition coefficient (Wildman–Crippen LogP) is 4.54. The van der Waals surface area contributed by atoms with Crippen LogP contribution in [0.3, 0.4) is 0 Å². The minimum Gasteiger partial charge on any atom is -0.454 e. The zero-order valence-electron chi connectivity index (χ0n) is 10.8. The van der Waals surface area contributed by atoms with Gasteiger partial charge in [-0.15, -0.1) is 0 Å². The van der Waals surface area contributed by atoms with Gasteiger partial charge in [0.05, 0.1) is 11.2 Å². The molecular weight excluding hydrogens is 340 g/mol. The third-order valence-corrected chi connectivity index (χ3v) is 3.81. The molecule has 104 valence electrons. The fourth-order valence-corrected chi connectivity index (χ4v) is 2.45. The van der Waals surface area contributed by atoms with Crippen molar-refractivity contribution in [1.29, 1.82) is 0 Å². The van der Waals surface area contributed by atoms with Gasteiger partial charge in [-0.25, -0.2) is 0 Å². The van der Waals surface area contributed by atoms with E-state index in [1.165, 1.54) is 18.4 Å². The summed E-state index contributed by atoms with van der Waals surface area (Å²) in [6, 6.07) is 8.41. The highest BCUT2D eigenvalue weighted by molar-refractivity contribution is 9.10. The number of nitrogens with zero attached hydrogens (tertiary/aromatic N) is 1. The fraction of sp³-hybridized carbons (Fsp3) is 0.267. The summed E-state index contributed by atoms with van der Waals surface area (Å²) < 4.78 is 6.61. The molecule has 1 heterocycles. The Morgan fingerprint density at radius 2 is 2.15 bits per heavy atom. The number of rotatable bonds is 5. The molecule has 1 aliphatic carbocycles. The minimum atomic E-state index is 0.611. The Bertz CT molecular complexity index is 617. The van der Waals surface area contributed by atoms with E-state index >= 15 is 0 Å². The van der Waals surface area contributed by atoms with Crippen molar-refractivity contribution < 1.29 is 4.74 Å². The first-order valence-electron chi connectivity index (χ1n) is 6.51. The molecule has 1 aliphatic rings. The van der Waals surface area contributed by atoms with Crippen LogP contribution in [0.4, 0.5) is 0 Å². The van der Waals surface area contributed by atoms with Crippen LogP contribution in [0.1, 0.15) is 18.4 Å². The van der Waals surface area contributed by atoms with Crippen LogP contribution < -0.4 is 10.1 Å². The lowest BCUT2D eigenvalue weighted by Gasteiger charge is -2.09. The summed E-state index contributed by atoms with van der Waals surface area (Å²) in [6.07, 6.45) is 5.93. The lowest BCUT2D eigenvalue weighted by Crippen LogP contribution is -2.15. The van der Waals surface area contributed by atoms with Crippen molar-refractivity contribution >= 4 is 27.5 Å². The molecule has 0 atom stereocenters. The first-order chi connectivity index (χ1) is 9.70. The van der Waals surface area contributed by atoms with Gasteiger partial charge in [-0.05, 0) is 52.5 Å². The van der Waals surface area contributed by atoms with E-state index in [1.807, 2.05) is 24.3 Å². The van der Waals surface area contributed by atoms with Gasteiger partial charge in [0.2, 0.25) is 0 Å².